The van der Waals surface area contributed by atoms with Crippen molar-refractivity contribution in [2.24, 2.45) is 0 Å². The van der Waals surface area contributed by atoms with Crippen LogP contribution in [0.1, 0.15) is 22.2 Å². The van der Waals surface area contributed by atoms with Gasteiger partial charge in [-0.3, -0.25) is 4.79 Å². The molecule has 24 heavy (non-hydrogen) atoms. The molecule has 1 aromatic heterocycles. The molecular formula is C16H13Cl3N2O3. The number of hydrogen-bond acceptors (Lipinski definition) is 4. The average Bonchev–Trinajstić information content (AvgIpc) is 2.57. The fourth-order valence-corrected chi connectivity index (χ4v) is 2.43. The fourth-order valence-electron chi connectivity index (χ4n) is 1.87. The van der Waals surface area contributed by atoms with Crippen LogP contribution in [0.4, 0.5) is 0 Å². The van der Waals surface area contributed by atoms with E-state index < -0.39 is 18.0 Å². The number of aromatic nitrogens is 1. The molecule has 0 saturated carbocycles. The van der Waals surface area contributed by atoms with E-state index in [1.165, 1.54) is 11.1 Å². The van der Waals surface area contributed by atoms with E-state index in [0.29, 0.717) is 5.56 Å². The summed E-state index contributed by atoms with van der Waals surface area (Å²) in [5, 5.41) is -0.0176. The number of benzene rings is 1. The molecule has 1 heterocycles. The quantitative estimate of drug-likeness (QED) is 0.743. The van der Waals surface area contributed by atoms with Crippen molar-refractivity contribution < 1.29 is 14.3 Å². The van der Waals surface area contributed by atoms with Crippen LogP contribution in [-0.2, 0) is 9.53 Å². The molecule has 0 aliphatic rings. The van der Waals surface area contributed by atoms with Crippen LogP contribution in [-0.4, -0.2) is 35.9 Å². The van der Waals surface area contributed by atoms with Crippen molar-refractivity contribution in [3.63, 3.8) is 0 Å². The number of halogens is 3. The monoisotopic (exact) mass is 386 g/mol. The van der Waals surface area contributed by atoms with Gasteiger partial charge < -0.3 is 9.64 Å². The van der Waals surface area contributed by atoms with E-state index in [2.05, 4.69) is 4.98 Å². The third kappa shape index (κ3) is 3.98. The molecule has 0 radical (unpaired) electrons. The predicted octanol–water partition coefficient (Wildman–Crippen LogP) is 4.03. The van der Waals surface area contributed by atoms with Crippen LogP contribution in [0, 0.1) is 0 Å². The molecule has 0 saturated heterocycles. The van der Waals surface area contributed by atoms with E-state index >= 15 is 0 Å². The topological polar surface area (TPSA) is 59.5 Å². The zero-order chi connectivity index (χ0) is 17.9. The van der Waals surface area contributed by atoms with E-state index in [9.17, 15) is 9.59 Å². The van der Waals surface area contributed by atoms with Crippen LogP contribution in [0.5, 0.6) is 0 Å². The molecule has 0 bridgehead atoms. The predicted molar refractivity (Wildman–Crippen MR) is 92.6 cm³/mol. The Balaban J connectivity index is 2.35. The van der Waals surface area contributed by atoms with Crippen LogP contribution in [0.25, 0.3) is 0 Å². The van der Waals surface area contributed by atoms with E-state index in [1.807, 2.05) is 0 Å². The van der Waals surface area contributed by atoms with E-state index in [4.69, 9.17) is 39.5 Å². The lowest BCUT2D eigenvalue weighted by Crippen LogP contribution is -2.31. The van der Waals surface area contributed by atoms with Crippen molar-refractivity contribution in [3.8, 4) is 0 Å². The molecule has 5 nitrogen and oxygen atoms in total. The molecule has 0 aliphatic heterocycles. The largest absolute Gasteiger partial charge is 0.443 e. The SMILES string of the molecule is CN(C)C(=O)[C@@H](OC(=O)c1ncc(Cl)c(Cl)c1Cl)c1ccccc1. The Labute approximate surface area is 154 Å². The summed E-state index contributed by atoms with van der Waals surface area (Å²) in [7, 11) is 3.13. The lowest BCUT2D eigenvalue weighted by Gasteiger charge is -2.21. The van der Waals surface area contributed by atoms with Crippen LogP contribution in [0.2, 0.25) is 15.1 Å². The van der Waals surface area contributed by atoms with Crippen LogP contribution in [0.3, 0.4) is 0 Å². The number of amides is 1. The smallest absolute Gasteiger partial charge is 0.359 e. The highest BCUT2D eigenvalue weighted by Crippen LogP contribution is 2.32. The average molecular weight is 388 g/mol. The highest BCUT2D eigenvalue weighted by molar-refractivity contribution is 6.48. The van der Waals surface area contributed by atoms with Gasteiger partial charge in [0, 0.05) is 25.9 Å². The summed E-state index contributed by atoms with van der Waals surface area (Å²) >= 11 is 17.7. The number of carbonyl (C=O) groups excluding carboxylic acids is 2. The van der Waals surface area contributed by atoms with Gasteiger partial charge in [0.05, 0.1) is 15.1 Å². The highest BCUT2D eigenvalue weighted by atomic mass is 35.5. The van der Waals surface area contributed by atoms with Crippen LogP contribution < -0.4 is 0 Å². The number of carbonyl (C=O) groups is 2. The van der Waals surface area contributed by atoms with Crippen molar-refractivity contribution in [1.82, 2.24) is 9.88 Å². The molecule has 0 N–H and O–H groups in total. The van der Waals surface area contributed by atoms with Gasteiger partial charge in [-0.1, -0.05) is 65.1 Å². The Hall–Kier alpha value is -1.82. The minimum absolute atomic E-state index is 0.00418. The maximum Gasteiger partial charge on any atom is 0.359 e. The van der Waals surface area contributed by atoms with E-state index in [1.54, 1.807) is 44.4 Å². The van der Waals surface area contributed by atoms with E-state index in [-0.39, 0.29) is 20.8 Å². The maximum atomic E-state index is 12.4. The van der Waals surface area contributed by atoms with Crippen molar-refractivity contribution in [2.45, 2.75) is 6.10 Å². The molecule has 0 aliphatic carbocycles. The van der Waals surface area contributed by atoms with Crippen molar-refractivity contribution in [1.29, 1.82) is 0 Å². The standard InChI is InChI=1S/C16H13Cl3N2O3/c1-21(2)15(22)14(9-6-4-3-5-7-9)24-16(23)13-12(19)11(18)10(17)8-20-13/h3-8,14H,1-2H3/t14-/m0/s1. The summed E-state index contributed by atoms with van der Waals surface area (Å²) in [5.41, 5.74) is 0.319. The Morgan fingerprint density at radius 3 is 2.29 bits per heavy atom. The summed E-state index contributed by atoms with van der Waals surface area (Å²) in [5.74, 6) is -1.27. The van der Waals surface area contributed by atoms with E-state index in [0.717, 1.165) is 0 Å². The first-order chi connectivity index (χ1) is 11.3. The molecule has 8 heteroatoms. The van der Waals surface area contributed by atoms with Gasteiger partial charge in [0.15, 0.2) is 5.69 Å². The van der Waals surface area contributed by atoms with Gasteiger partial charge >= 0.3 is 5.97 Å². The van der Waals surface area contributed by atoms with Gasteiger partial charge in [0.1, 0.15) is 0 Å². The number of hydrogen-bond donors (Lipinski definition) is 0. The fraction of sp³-hybridized carbons (Fsp3) is 0.188. The van der Waals surface area contributed by atoms with Crippen molar-refractivity contribution in [3.05, 3.63) is 62.9 Å². The molecule has 1 aromatic carbocycles. The third-order valence-electron chi connectivity index (χ3n) is 3.10. The number of ether oxygens (including phenoxy) is 1. The van der Waals surface area contributed by atoms with Gasteiger partial charge in [-0.25, -0.2) is 9.78 Å². The molecule has 0 fully saturated rings. The first-order valence-corrected chi connectivity index (χ1v) is 7.93. The van der Waals surface area contributed by atoms with Gasteiger partial charge in [-0.2, -0.15) is 0 Å². The normalized spacial score (nSPS) is 11.7. The summed E-state index contributed by atoms with van der Waals surface area (Å²) in [6.07, 6.45) is 0.0681. The van der Waals surface area contributed by atoms with Gasteiger partial charge in [-0.05, 0) is 0 Å². The van der Waals surface area contributed by atoms with Crippen LogP contribution >= 0.6 is 34.8 Å². The first kappa shape index (κ1) is 18.5. The molecule has 0 unspecified atom stereocenters. The van der Waals surface area contributed by atoms with Gasteiger partial charge in [0.2, 0.25) is 6.10 Å². The molecular weight excluding hydrogens is 375 g/mol. The third-order valence-corrected chi connectivity index (χ3v) is 4.34. The summed E-state index contributed by atoms with van der Waals surface area (Å²) in [6, 6.07) is 8.64. The minimum atomic E-state index is -1.12. The Morgan fingerprint density at radius 1 is 1.08 bits per heavy atom. The Bertz CT molecular complexity index is 767. The Kier molecular flexibility index (Phi) is 6.04. The lowest BCUT2D eigenvalue weighted by atomic mass is 10.1. The zero-order valence-corrected chi connectivity index (χ0v) is 15.1. The Morgan fingerprint density at radius 2 is 1.71 bits per heavy atom. The second kappa shape index (κ2) is 7.83. The minimum Gasteiger partial charge on any atom is -0.443 e. The summed E-state index contributed by atoms with van der Waals surface area (Å²) in [6.45, 7) is 0. The molecule has 0 spiro atoms. The molecule has 2 aromatic rings. The number of pyridine rings is 1. The number of likely N-dealkylation sites (N-methyl/N-ethyl adjacent to an activating group) is 1. The van der Waals surface area contributed by atoms with Gasteiger partial charge in [0.25, 0.3) is 5.91 Å². The maximum absolute atomic E-state index is 12.4. The van der Waals surface area contributed by atoms with Gasteiger partial charge in [-0.15, -0.1) is 0 Å². The van der Waals surface area contributed by atoms with Crippen molar-refractivity contribution in [2.75, 3.05) is 14.1 Å². The second-order valence-electron chi connectivity index (χ2n) is 5.01. The first-order valence-electron chi connectivity index (χ1n) is 6.79. The number of rotatable bonds is 4. The van der Waals surface area contributed by atoms with Crippen molar-refractivity contribution >= 4 is 46.7 Å². The van der Waals surface area contributed by atoms with Crippen LogP contribution in [0.15, 0.2) is 36.5 Å². The number of esters is 1. The summed E-state index contributed by atoms with van der Waals surface area (Å²) < 4.78 is 5.34. The molecule has 1 amide bonds. The molecule has 2 rings (SSSR count). The highest BCUT2D eigenvalue weighted by Gasteiger charge is 2.29. The number of nitrogens with zero attached hydrogens (tertiary/aromatic N) is 2. The lowest BCUT2D eigenvalue weighted by molar-refractivity contribution is -0.138. The second-order valence-corrected chi connectivity index (χ2v) is 6.17. The molecule has 1 atom stereocenters. The summed E-state index contributed by atoms with van der Waals surface area (Å²) in [4.78, 5) is 29.9. The zero-order valence-electron chi connectivity index (χ0n) is 12.8. The molecule has 126 valence electrons.